The van der Waals surface area contributed by atoms with Gasteiger partial charge in [0, 0.05) is 11.4 Å². The zero-order chi connectivity index (χ0) is 16.0. The molecule has 1 aromatic carbocycles. The second-order valence-corrected chi connectivity index (χ2v) is 8.08. The monoisotopic (exact) mass is 327 g/mol. The summed E-state index contributed by atoms with van der Waals surface area (Å²) in [5, 5.41) is 8.66. The van der Waals surface area contributed by atoms with Crippen LogP contribution >= 0.6 is 12.2 Å². The highest BCUT2D eigenvalue weighted by atomic mass is 32.1. The molecule has 4 aliphatic carbocycles. The van der Waals surface area contributed by atoms with Crippen molar-refractivity contribution in [2.24, 2.45) is 28.8 Å². The van der Waals surface area contributed by atoms with Crippen molar-refractivity contribution in [1.82, 2.24) is 5.43 Å². The maximum atomic E-state index is 5.46. The Morgan fingerprint density at radius 1 is 1.00 bits per heavy atom. The van der Waals surface area contributed by atoms with Crippen LogP contribution in [0.3, 0.4) is 0 Å². The van der Waals surface area contributed by atoms with Gasteiger partial charge in [0.15, 0.2) is 5.11 Å². The summed E-state index contributed by atoms with van der Waals surface area (Å²) >= 11 is 5.46. The topological polar surface area (TPSA) is 36.4 Å². The van der Waals surface area contributed by atoms with Crippen LogP contribution in [0.25, 0.3) is 0 Å². The Bertz CT molecular complexity index is 614. The van der Waals surface area contributed by atoms with Gasteiger partial charge in [-0.1, -0.05) is 18.2 Å². The molecular weight excluding hydrogens is 302 g/mol. The van der Waals surface area contributed by atoms with E-state index in [2.05, 4.69) is 42.8 Å². The van der Waals surface area contributed by atoms with Crippen LogP contribution in [-0.4, -0.2) is 10.8 Å². The van der Waals surface area contributed by atoms with Gasteiger partial charge in [0.1, 0.15) is 0 Å². The van der Waals surface area contributed by atoms with E-state index >= 15 is 0 Å². The highest BCUT2D eigenvalue weighted by molar-refractivity contribution is 7.80. The maximum absolute atomic E-state index is 5.46. The van der Waals surface area contributed by atoms with Gasteiger partial charge in [0.25, 0.3) is 0 Å². The van der Waals surface area contributed by atoms with Crippen molar-refractivity contribution in [1.29, 1.82) is 0 Å². The number of benzene rings is 1. The number of hydrogen-bond acceptors (Lipinski definition) is 2. The van der Waals surface area contributed by atoms with Gasteiger partial charge in [-0.15, -0.1) is 0 Å². The molecule has 4 aliphatic rings. The average Bonchev–Trinajstić information content (AvgIpc) is 2.50. The molecule has 4 saturated carbocycles. The quantitative estimate of drug-likeness (QED) is 0.624. The molecule has 0 saturated heterocycles. The van der Waals surface area contributed by atoms with Gasteiger partial charge in [-0.25, -0.2) is 0 Å². The third-order valence-corrected chi connectivity index (χ3v) is 6.17. The summed E-state index contributed by atoms with van der Waals surface area (Å²) in [5.41, 5.74) is 8.02. The number of rotatable bonds is 2. The van der Waals surface area contributed by atoms with Gasteiger partial charge >= 0.3 is 0 Å². The predicted octanol–water partition coefficient (Wildman–Crippen LogP) is 4.40. The fourth-order valence-corrected chi connectivity index (χ4v) is 5.27. The Hall–Kier alpha value is -1.42. The first-order valence-electron chi connectivity index (χ1n) is 8.81. The lowest BCUT2D eigenvalue weighted by Crippen LogP contribution is -2.46. The third-order valence-electron chi connectivity index (χ3n) is 5.98. The zero-order valence-corrected chi connectivity index (χ0v) is 14.7. The molecule has 0 aliphatic heterocycles. The first-order chi connectivity index (χ1) is 11.1. The van der Waals surface area contributed by atoms with Crippen molar-refractivity contribution in [3.8, 4) is 0 Å². The number of nitrogens with zero attached hydrogens (tertiary/aromatic N) is 1. The average molecular weight is 327 g/mol. The molecule has 0 atom stereocenters. The maximum Gasteiger partial charge on any atom is 0.191 e. The fourth-order valence-electron chi connectivity index (χ4n) is 5.12. The highest BCUT2D eigenvalue weighted by Gasteiger charge is 2.46. The Balaban J connectivity index is 1.43. The number of thiocarbonyl (C=S) groups is 1. The van der Waals surface area contributed by atoms with E-state index in [4.69, 9.17) is 17.3 Å². The Labute approximate surface area is 143 Å². The molecule has 4 bridgehead atoms. The first-order valence-corrected chi connectivity index (χ1v) is 9.21. The minimum atomic E-state index is 0.601. The molecule has 5 rings (SSSR count). The van der Waals surface area contributed by atoms with Gasteiger partial charge in [-0.05, 0) is 93.0 Å². The van der Waals surface area contributed by atoms with E-state index < -0.39 is 0 Å². The van der Waals surface area contributed by atoms with E-state index in [0.29, 0.717) is 16.9 Å². The van der Waals surface area contributed by atoms with Crippen molar-refractivity contribution in [3.05, 3.63) is 29.3 Å². The van der Waals surface area contributed by atoms with Crippen LogP contribution in [0, 0.1) is 37.5 Å². The largest absolute Gasteiger partial charge is 0.331 e. The lowest BCUT2D eigenvalue weighted by molar-refractivity contribution is 0.108. The van der Waals surface area contributed by atoms with E-state index in [1.165, 1.54) is 48.9 Å². The molecule has 3 nitrogen and oxygen atoms in total. The van der Waals surface area contributed by atoms with Gasteiger partial charge in [-0.2, -0.15) is 5.10 Å². The summed E-state index contributed by atoms with van der Waals surface area (Å²) in [6.07, 6.45) is 6.88. The minimum absolute atomic E-state index is 0.601. The number of para-hydroxylation sites is 1. The fraction of sp³-hybridized carbons (Fsp3) is 0.579. The van der Waals surface area contributed by atoms with E-state index in [1.54, 1.807) is 0 Å². The molecule has 4 heteroatoms. The summed E-state index contributed by atoms with van der Waals surface area (Å²) < 4.78 is 0. The van der Waals surface area contributed by atoms with Crippen LogP contribution in [0.1, 0.15) is 43.2 Å². The third kappa shape index (κ3) is 2.89. The van der Waals surface area contributed by atoms with E-state index in [1.807, 2.05) is 0 Å². The zero-order valence-electron chi connectivity index (χ0n) is 13.9. The van der Waals surface area contributed by atoms with Crippen LogP contribution in [-0.2, 0) is 0 Å². The van der Waals surface area contributed by atoms with E-state index in [-0.39, 0.29) is 0 Å². The van der Waals surface area contributed by atoms with Gasteiger partial charge < -0.3 is 5.32 Å². The van der Waals surface area contributed by atoms with Crippen molar-refractivity contribution in [2.45, 2.75) is 46.0 Å². The number of nitrogens with one attached hydrogen (secondary N) is 2. The first kappa shape index (κ1) is 15.1. The summed E-state index contributed by atoms with van der Waals surface area (Å²) in [6.45, 7) is 4.20. The number of aryl methyl sites for hydroxylation is 2. The highest BCUT2D eigenvalue weighted by Crippen LogP contribution is 2.52. The summed E-state index contributed by atoms with van der Waals surface area (Å²) in [6, 6.07) is 6.27. The van der Waals surface area contributed by atoms with Crippen LogP contribution in [0.5, 0.6) is 0 Å². The van der Waals surface area contributed by atoms with Crippen LogP contribution in [0.4, 0.5) is 5.69 Å². The Morgan fingerprint density at radius 3 is 2.13 bits per heavy atom. The minimum Gasteiger partial charge on any atom is -0.331 e. The van der Waals surface area contributed by atoms with Gasteiger partial charge in [0.2, 0.25) is 0 Å². The van der Waals surface area contributed by atoms with Crippen LogP contribution in [0.15, 0.2) is 23.3 Å². The molecule has 0 radical (unpaired) electrons. The molecule has 2 N–H and O–H groups in total. The van der Waals surface area contributed by atoms with Crippen LogP contribution < -0.4 is 10.7 Å². The molecule has 0 amide bonds. The molecule has 1 aromatic rings. The number of anilines is 1. The molecule has 0 spiro atoms. The smallest absolute Gasteiger partial charge is 0.191 e. The second kappa shape index (κ2) is 5.90. The standard InChI is InChI=1S/C19H25N3S/c1-11-4-3-5-12(2)17(11)20-19(23)22-21-18-15-7-13-6-14(9-15)10-16(18)8-13/h3-5,13-16H,6-10H2,1-2H3,(H2,20,22,23). The van der Waals surface area contributed by atoms with Crippen molar-refractivity contribution in [2.75, 3.05) is 5.32 Å². The number of hydrogen-bond donors (Lipinski definition) is 2. The second-order valence-electron chi connectivity index (χ2n) is 7.67. The lowest BCUT2D eigenvalue weighted by Gasteiger charge is -2.50. The predicted molar refractivity (Wildman–Crippen MR) is 99.8 cm³/mol. The Morgan fingerprint density at radius 2 is 1.57 bits per heavy atom. The Kier molecular flexibility index (Phi) is 3.88. The SMILES string of the molecule is Cc1cccc(C)c1NC(=S)NN=C1C2CC3CC(C2)CC1C3. The normalized spacial score (nSPS) is 31.1. The summed E-state index contributed by atoms with van der Waals surface area (Å²) in [7, 11) is 0. The summed E-state index contributed by atoms with van der Waals surface area (Å²) in [4.78, 5) is 0. The molecule has 23 heavy (non-hydrogen) atoms. The van der Waals surface area contributed by atoms with Gasteiger partial charge in [0.05, 0.1) is 0 Å². The van der Waals surface area contributed by atoms with Crippen molar-refractivity contribution >= 4 is 28.7 Å². The van der Waals surface area contributed by atoms with Crippen molar-refractivity contribution < 1.29 is 0 Å². The molecular formula is C19H25N3S. The molecule has 4 fully saturated rings. The lowest BCUT2D eigenvalue weighted by atomic mass is 9.55. The van der Waals surface area contributed by atoms with Crippen molar-refractivity contribution in [3.63, 3.8) is 0 Å². The van der Waals surface area contributed by atoms with Gasteiger partial charge in [-0.3, -0.25) is 5.43 Å². The van der Waals surface area contributed by atoms with E-state index in [9.17, 15) is 0 Å². The number of hydrazone groups is 1. The summed E-state index contributed by atoms with van der Waals surface area (Å²) in [5.74, 6) is 3.36. The molecule has 0 aromatic heterocycles. The van der Waals surface area contributed by atoms with E-state index in [0.717, 1.165) is 17.5 Å². The molecule has 0 heterocycles. The molecule has 122 valence electrons. The molecule has 0 unspecified atom stereocenters. The van der Waals surface area contributed by atoms with Crippen LogP contribution in [0.2, 0.25) is 0 Å².